The fourth-order valence-corrected chi connectivity index (χ4v) is 4.80. The molecule has 0 aromatic carbocycles. The van der Waals surface area contributed by atoms with Gasteiger partial charge in [0.15, 0.2) is 5.96 Å². The highest BCUT2D eigenvalue weighted by Gasteiger charge is 2.21. The zero-order valence-electron chi connectivity index (χ0n) is 16.8. The van der Waals surface area contributed by atoms with Gasteiger partial charge < -0.3 is 20.9 Å². The molecule has 1 amide bonds. The second kappa shape index (κ2) is 12.5. The van der Waals surface area contributed by atoms with Crippen LogP contribution in [0.1, 0.15) is 44.9 Å². The number of aliphatic imine (C=N–C) groups is 1. The third-order valence-corrected chi connectivity index (χ3v) is 6.49. The van der Waals surface area contributed by atoms with Crippen LogP contribution in [0.25, 0.3) is 0 Å². The van der Waals surface area contributed by atoms with Gasteiger partial charge in [0.25, 0.3) is 0 Å². The monoisotopic (exact) mass is 519 g/mol. The molecule has 158 valence electrons. The third kappa shape index (κ3) is 7.42. The Hall–Kier alpha value is -1.03. The summed E-state index contributed by atoms with van der Waals surface area (Å²) in [5, 5.41) is 13.4. The maximum absolute atomic E-state index is 12.0. The lowest BCUT2D eigenvalue weighted by molar-refractivity contribution is -0.121. The molecule has 28 heavy (non-hydrogen) atoms. The number of nitrogens with one attached hydrogen (secondary N) is 3. The molecule has 1 aliphatic carbocycles. The topological polar surface area (TPSA) is 68.8 Å². The minimum Gasteiger partial charge on any atom is -0.363 e. The van der Waals surface area contributed by atoms with Crippen LogP contribution in [-0.4, -0.2) is 51.1 Å². The van der Waals surface area contributed by atoms with E-state index in [2.05, 4.69) is 43.4 Å². The van der Waals surface area contributed by atoms with Crippen LogP contribution in [0, 0.1) is 5.92 Å². The van der Waals surface area contributed by atoms with Gasteiger partial charge in [-0.3, -0.25) is 9.79 Å². The summed E-state index contributed by atoms with van der Waals surface area (Å²) in [5.74, 6) is 1.62. The molecular weight excluding hydrogens is 485 g/mol. The van der Waals surface area contributed by atoms with Crippen molar-refractivity contribution < 1.29 is 4.79 Å². The van der Waals surface area contributed by atoms with Crippen LogP contribution in [0.3, 0.4) is 0 Å². The van der Waals surface area contributed by atoms with E-state index in [9.17, 15) is 4.79 Å². The minimum atomic E-state index is 0. The molecule has 0 spiro atoms. The number of guanidine groups is 1. The van der Waals surface area contributed by atoms with Crippen LogP contribution in [0.15, 0.2) is 22.5 Å². The van der Waals surface area contributed by atoms with Gasteiger partial charge in [-0.1, -0.05) is 12.8 Å². The molecule has 2 heterocycles. The smallest absolute Gasteiger partial charge is 0.220 e. The van der Waals surface area contributed by atoms with Gasteiger partial charge in [0.05, 0.1) is 5.00 Å². The molecule has 0 radical (unpaired) electrons. The Morgan fingerprint density at radius 1 is 1.18 bits per heavy atom. The summed E-state index contributed by atoms with van der Waals surface area (Å²) in [6.07, 6.45) is 7.91. The first-order valence-electron chi connectivity index (χ1n) is 10.3. The lowest BCUT2D eigenvalue weighted by atomic mass is 10.0. The van der Waals surface area contributed by atoms with Crippen LogP contribution in [0.5, 0.6) is 0 Å². The van der Waals surface area contributed by atoms with Gasteiger partial charge in [0.2, 0.25) is 5.91 Å². The van der Waals surface area contributed by atoms with Gasteiger partial charge in [-0.15, -0.1) is 35.3 Å². The van der Waals surface area contributed by atoms with Crippen molar-refractivity contribution in [1.82, 2.24) is 16.0 Å². The van der Waals surface area contributed by atoms with E-state index in [1.807, 2.05) is 11.3 Å². The summed E-state index contributed by atoms with van der Waals surface area (Å²) < 4.78 is 0. The van der Waals surface area contributed by atoms with E-state index >= 15 is 0 Å². The maximum atomic E-state index is 12.0. The Bertz CT molecular complexity index is 596. The first-order valence-corrected chi connectivity index (χ1v) is 11.1. The summed E-state index contributed by atoms with van der Waals surface area (Å²) in [6.45, 7) is 3.49. The molecule has 0 unspecified atom stereocenters. The summed E-state index contributed by atoms with van der Waals surface area (Å²) in [5.41, 5.74) is 0. The number of thiophene rings is 1. The Morgan fingerprint density at radius 3 is 2.54 bits per heavy atom. The van der Waals surface area contributed by atoms with Gasteiger partial charge in [-0.2, -0.15) is 0 Å². The highest BCUT2D eigenvalue weighted by atomic mass is 127. The van der Waals surface area contributed by atoms with Gasteiger partial charge in [-0.25, -0.2) is 0 Å². The van der Waals surface area contributed by atoms with E-state index in [4.69, 9.17) is 0 Å². The number of carbonyl (C=O) groups excluding carboxylic acids is 1. The second-order valence-corrected chi connectivity index (χ2v) is 8.49. The van der Waals surface area contributed by atoms with Gasteiger partial charge in [-0.05, 0) is 49.1 Å². The van der Waals surface area contributed by atoms with Crippen LogP contribution in [-0.2, 0) is 4.79 Å². The lowest BCUT2D eigenvalue weighted by Crippen LogP contribution is -2.49. The highest BCUT2D eigenvalue weighted by molar-refractivity contribution is 14.0. The van der Waals surface area contributed by atoms with Crippen molar-refractivity contribution in [2.24, 2.45) is 10.9 Å². The molecule has 1 aromatic heterocycles. The average molecular weight is 519 g/mol. The molecule has 2 fully saturated rings. The molecule has 3 N–H and O–H groups in total. The number of hydrogen-bond donors (Lipinski definition) is 3. The highest BCUT2D eigenvalue weighted by Crippen LogP contribution is 2.27. The van der Waals surface area contributed by atoms with E-state index < -0.39 is 0 Å². The molecule has 1 saturated carbocycles. The third-order valence-electron chi connectivity index (χ3n) is 5.57. The maximum Gasteiger partial charge on any atom is 0.220 e. The summed E-state index contributed by atoms with van der Waals surface area (Å²) >= 11 is 1.81. The Kier molecular flexibility index (Phi) is 10.4. The lowest BCUT2D eigenvalue weighted by Gasteiger charge is -2.33. The Balaban J connectivity index is 0.00000280. The average Bonchev–Trinajstić information content (AvgIpc) is 3.39. The van der Waals surface area contributed by atoms with Gasteiger partial charge >= 0.3 is 0 Å². The quantitative estimate of drug-likeness (QED) is 0.224. The first-order chi connectivity index (χ1) is 13.2. The molecular formula is C20H34IN5OS. The number of rotatable bonds is 7. The van der Waals surface area contributed by atoms with E-state index in [-0.39, 0.29) is 29.9 Å². The number of piperidine rings is 1. The van der Waals surface area contributed by atoms with Crippen LogP contribution < -0.4 is 20.9 Å². The zero-order chi connectivity index (χ0) is 18.9. The van der Waals surface area contributed by atoms with E-state index in [0.29, 0.717) is 31.5 Å². The molecule has 6 nitrogen and oxygen atoms in total. The second-order valence-electron chi connectivity index (χ2n) is 7.56. The summed E-state index contributed by atoms with van der Waals surface area (Å²) in [4.78, 5) is 18.7. The molecule has 8 heteroatoms. The largest absolute Gasteiger partial charge is 0.363 e. The number of carbonyl (C=O) groups is 1. The molecule has 1 aliphatic heterocycles. The van der Waals surface area contributed by atoms with E-state index in [0.717, 1.165) is 31.9 Å². The summed E-state index contributed by atoms with van der Waals surface area (Å²) in [7, 11) is 1.80. The molecule has 3 rings (SSSR count). The molecule has 0 bridgehead atoms. The predicted molar refractivity (Wildman–Crippen MR) is 129 cm³/mol. The van der Waals surface area contributed by atoms with Crippen molar-refractivity contribution in [3.8, 4) is 0 Å². The first kappa shape index (κ1) is 23.3. The number of amides is 1. The number of nitrogens with zero attached hydrogens (tertiary/aromatic N) is 2. The normalized spacial score (nSPS) is 18.6. The SMILES string of the molecule is CN=C(NCCNC(=O)CC1CCCC1)NC1CCN(c2cccs2)CC1.I. The predicted octanol–water partition coefficient (Wildman–Crippen LogP) is 3.20. The minimum absolute atomic E-state index is 0. The van der Waals surface area contributed by atoms with E-state index in [1.165, 1.54) is 30.7 Å². The Labute approximate surface area is 190 Å². The van der Waals surface area contributed by atoms with Crippen molar-refractivity contribution >= 4 is 52.2 Å². The van der Waals surface area contributed by atoms with Crippen molar-refractivity contribution in [2.75, 3.05) is 38.1 Å². The van der Waals surface area contributed by atoms with Crippen LogP contribution >= 0.6 is 35.3 Å². The van der Waals surface area contributed by atoms with Crippen molar-refractivity contribution in [2.45, 2.75) is 51.0 Å². The fraction of sp³-hybridized carbons (Fsp3) is 0.700. The molecule has 1 aromatic rings. The summed E-state index contributed by atoms with van der Waals surface area (Å²) in [6, 6.07) is 4.76. The number of hydrogen-bond acceptors (Lipinski definition) is 4. The molecule has 1 saturated heterocycles. The molecule has 2 aliphatic rings. The standard InChI is InChI=1S/C20H33N5OS.HI/c1-21-20(23-11-10-22-18(26)15-16-5-2-3-6-16)24-17-8-12-25(13-9-17)19-7-4-14-27-19;/h4,7,14,16-17H,2-3,5-6,8-13,15H2,1H3,(H,22,26)(H2,21,23,24);1H. The number of anilines is 1. The fourth-order valence-electron chi connectivity index (χ4n) is 4.01. The Morgan fingerprint density at radius 2 is 1.89 bits per heavy atom. The van der Waals surface area contributed by atoms with Crippen LogP contribution in [0.2, 0.25) is 0 Å². The number of halogens is 1. The zero-order valence-corrected chi connectivity index (χ0v) is 19.9. The van der Waals surface area contributed by atoms with E-state index in [1.54, 1.807) is 7.05 Å². The van der Waals surface area contributed by atoms with Gasteiger partial charge in [0.1, 0.15) is 0 Å². The molecule has 0 atom stereocenters. The van der Waals surface area contributed by atoms with Gasteiger partial charge in [0, 0.05) is 45.7 Å². The van der Waals surface area contributed by atoms with Crippen LogP contribution in [0.4, 0.5) is 5.00 Å². The van der Waals surface area contributed by atoms with Crippen molar-refractivity contribution in [3.05, 3.63) is 17.5 Å². The van der Waals surface area contributed by atoms with Crippen molar-refractivity contribution in [3.63, 3.8) is 0 Å². The van der Waals surface area contributed by atoms with Crippen molar-refractivity contribution in [1.29, 1.82) is 0 Å².